The molecule has 0 aliphatic heterocycles. The highest BCUT2D eigenvalue weighted by atomic mass is 16.5. The lowest BCUT2D eigenvalue weighted by molar-refractivity contribution is -0.0108. The van der Waals surface area contributed by atoms with Crippen LogP contribution in [-0.2, 0) is 4.74 Å². The number of hydrogen-bond donors (Lipinski definition) is 1. The van der Waals surface area contributed by atoms with Crippen LogP contribution in [0.3, 0.4) is 0 Å². The number of ether oxygens (including phenoxy) is 1. The van der Waals surface area contributed by atoms with E-state index in [4.69, 9.17) is 10.5 Å². The standard InChI is InChI=1S/C13H25NO/c1-11-8-12(10-13(2,3)9-11)15-7-5-4-6-14/h4-5,11-12H,6-10,14H2,1-3H3. The smallest absolute Gasteiger partial charge is 0.0651 e. The van der Waals surface area contributed by atoms with Gasteiger partial charge in [-0.25, -0.2) is 0 Å². The van der Waals surface area contributed by atoms with Gasteiger partial charge in [-0.3, -0.25) is 0 Å². The Morgan fingerprint density at radius 3 is 2.67 bits per heavy atom. The van der Waals surface area contributed by atoms with Gasteiger partial charge in [0.2, 0.25) is 0 Å². The van der Waals surface area contributed by atoms with Gasteiger partial charge in [0.05, 0.1) is 12.7 Å². The first-order chi connectivity index (χ1) is 7.03. The number of hydrogen-bond acceptors (Lipinski definition) is 2. The molecule has 1 aliphatic rings. The molecule has 15 heavy (non-hydrogen) atoms. The first-order valence-corrected chi connectivity index (χ1v) is 6.00. The third-order valence-electron chi connectivity index (χ3n) is 3.08. The third-order valence-corrected chi connectivity index (χ3v) is 3.08. The van der Waals surface area contributed by atoms with Crippen LogP contribution in [0, 0.1) is 11.3 Å². The van der Waals surface area contributed by atoms with Crippen molar-refractivity contribution in [2.24, 2.45) is 17.1 Å². The Morgan fingerprint density at radius 1 is 1.33 bits per heavy atom. The third kappa shape index (κ3) is 4.80. The maximum atomic E-state index is 5.85. The van der Waals surface area contributed by atoms with E-state index in [-0.39, 0.29) is 0 Å². The summed E-state index contributed by atoms with van der Waals surface area (Å²) >= 11 is 0. The fraction of sp³-hybridized carbons (Fsp3) is 0.846. The quantitative estimate of drug-likeness (QED) is 0.726. The van der Waals surface area contributed by atoms with Gasteiger partial charge < -0.3 is 10.5 Å². The van der Waals surface area contributed by atoms with E-state index in [0.29, 0.717) is 24.7 Å². The van der Waals surface area contributed by atoms with Gasteiger partial charge in [0.15, 0.2) is 0 Å². The van der Waals surface area contributed by atoms with Crippen molar-refractivity contribution in [1.29, 1.82) is 0 Å². The van der Waals surface area contributed by atoms with Gasteiger partial charge in [0, 0.05) is 6.54 Å². The molecule has 88 valence electrons. The van der Waals surface area contributed by atoms with Crippen molar-refractivity contribution in [2.45, 2.75) is 46.1 Å². The van der Waals surface area contributed by atoms with E-state index in [0.717, 1.165) is 5.92 Å². The van der Waals surface area contributed by atoms with Gasteiger partial charge in [0.1, 0.15) is 0 Å². The molecule has 0 heterocycles. The van der Waals surface area contributed by atoms with Crippen LogP contribution >= 0.6 is 0 Å². The fourth-order valence-corrected chi connectivity index (χ4v) is 2.74. The van der Waals surface area contributed by atoms with Crippen molar-refractivity contribution >= 4 is 0 Å². The second kappa shape index (κ2) is 5.66. The van der Waals surface area contributed by atoms with E-state index in [1.54, 1.807) is 0 Å². The SMILES string of the molecule is CC1CC(OCC=CCN)CC(C)(C)C1. The average Bonchev–Trinajstić information content (AvgIpc) is 2.09. The molecule has 0 amide bonds. The fourth-order valence-electron chi connectivity index (χ4n) is 2.74. The summed E-state index contributed by atoms with van der Waals surface area (Å²) in [4.78, 5) is 0. The summed E-state index contributed by atoms with van der Waals surface area (Å²) in [6, 6.07) is 0. The Hall–Kier alpha value is -0.340. The minimum Gasteiger partial charge on any atom is -0.374 e. The molecule has 1 rings (SSSR count). The van der Waals surface area contributed by atoms with Crippen molar-refractivity contribution in [3.63, 3.8) is 0 Å². The van der Waals surface area contributed by atoms with Crippen LogP contribution < -0.4 is 5.73 Å². The molecule has 2 heteroatoms. The van der Waals surface area contributed by atoms with Crippen LogP contribution in [0.5, 0.6) is 0 Å². The van der Waals surface area contributed by atoms with Crippen LogP contribution in [0.4, 0.5) is 0 Å². The van der Waals surface area contributed by atoms with E-state index in [9.17, 15) is 0 Å². The lowest BCUT2D eigenvalue weighted by Crippen LogP contribution is -2.32. The Labute approximate surface area is 93.9 Å². The van der Waals surface area contributed by atoms with Gasteiger partial charge in [-0.05, 0) is 30.6 Å². The zero-order valence-corrected chi connectivity index (χ0v) is 10.3. The zero-order chi connectivity index (χ0) is 11.3. The first kappa shape index (κ1) is 12.7. The van der Waals surface area contributed by atoms with Crippen LogP contribution in [0.15, 0.2) is 12.2 Å². The normalized spacial score (nSPS) is 30.9. The Morgan fingerprint density at radius 2 is 2.07 bits per heavy atom. The van der Waals surface area contributed by atoms with Crippen molar-refractivity contribution in [2.75, 3.05) is 13.2 Å². The van der Waals surface area contributed by atoms with Crippen molar-refractivity contribution in [1.82, 2.24) is 0 Å². The second-order valence-corrected chi connectivity index (χ2v) is 5.58. The lowest BCUT2D eigenvalue weighted by atomic mass is 9.71. The lowest BCUT2D eigenvalue weighted by Gasteiger charge is -2.38. The summed E-state index contributed by atoms with van der Waals surface area (Å²) in [5.41, 5.74) is 5.81. The molecule has 1 fully saturated rings. The molecule has 0 radical (unpaired) electrons. The molecule has 2 nitrogen and oxygen atoms in total. The highest BCUT2D eigenvalue weighted by Crippen LogP contribution is 2.39. The number of nitrogens with two attached hydrogens (primary N) is 1. The molecular formula is C13H25NO. The monoisotopic (exact) mass is 211 g/mol. The summed E-state index contributed by atoms with van der Waals surface area (Å²) < 4.78 is 5.85. The van der Waals surface area contributed by atoms with Crippen LogP contribution in [0.25, 0.3) is 0 Å². The molecule has 0 bridgehead atoms. The topological polar surface area (TPSA) is 35.2 Å². The first-order valence-electron chi connectivity index (χ1n) is 6.00. The van der Waals surface area contributed by atoms with Gasteiger partial charge >= 0.3 is 0 Å². The largest absolute Gasteiger partial charge is 0.374 e. The Balaban J connectivity index is 2.32. The van der Waals surface area contributed by atoms with Crippen LogP contribution in [0.1, 0.15) is 40.0 Å². The highest BCUT2D eigenvalue weighted by molar-refractivity contribution is 4.86. The summed E-state index contributed by atoms with van der Waals surface area (Å²) in [7, 11) is 0. The molecule has 0 aromatic carbocycles. The molecule has 1 saturated carbocycles. The van der Waals surface area contributed by atoms with E-state index >= 15 is 0 Å². The zero-order valence-electron chi connectivity index (χ0n) is 10.3. The Kier molecular flexibility index (Phi) is 4.81. The molecule has 0 spiro atoms. The summed E-state index contributed by atoms with van der Waals surface area (Å²) in [5.74, 6) is 0.789. The van der Waals surface area contributed by atoms with Crippen LogP contribution in [-0.4, -0.2) is 19.3 Å². The molecular weight excluding hydrogens is 186 g/mol. The Bertz CT molecular complexity index is 211. The van der Waals surface area contributed by atoms with E-state index in [1.165, 1.54) is 19.3 Å². The van der Waals surface area contributed by atoms with E-state index in [2.05, 4.69) is 20.8 Å². The van der Waals surface area contributed by atoms with Gasteiger partial charge in [-0.2, -0.15) is 0 Å². The van der Waals surface area contributed by atoms with E-state index < -0.39 is 0 Å². The molecule has 1 aliphatic carbocycles. The summed E-state index contributed by atoms with van der Waals surface area (Å²) in [6.07, 6.45) is 8.13. The summed E-state index contributed by atoms with van der Waals surface area (Å²) in [5, 5.41) is 0. The van der Waals surface area contributed by atoms with Gasteiger partial charge in [-0.1, -0.05) is 32.9 Å². The molecule has 0 aromatic rings. The van der Waals surface area contributed by atoms with E-state index in [1.807, 2.05) is 12.2 Å². The van der Waals surface area contributed by atoms with Crippen molar-refractivity contribution in [3.05, 3.63) is 12.2 Å². The number of rotatable bonds is 4. The molecule has 0 aromatic heterocycles. The molecule has 2 unspecified atom stereocenters. The molecule has 2 atom stereocenters. The predicted octanol–water partition coefficient (Wildman–Crippen LogP) is 2.73. The van der Waals surface area contributed by atoms with Crippen molar-refractivity contribution in [3.8, 4) is 0 Å². The maximum absolute atomic E-state index is 5.85. The summed E-state index contributed by atoms with van der Waals surface area (Å²) in [6.45, 7) is 8.33. The van der Waals surface area contributed by atoms with Gasteiger partial charge in [0.25, 0.3) is 0 Å². The predicted molar refractivity (Wildman–Crippen MR) is 64.7 cm³/mol. The average molecular weight is 211 g/mol. The van der Waals surface area contributed by atoms with Crippen molar-refractivity contribution < 1.29 is 4.74 Å². The minimum atomic E-state index is 0.436. The van der Waals surface area contributed by atoms with Crippen LogP contribution in [0.2, 0.25) is 0 Å². The highest BCUT2D eigenvalue weighted by Gasteiger charge is 2.32. The molecule has 0 saturated heterocycles. The molecule has 2 N–H and O–H groups in total. The maximum Gasteiger partial charge on any atom is 0.0651 e. The second-order valence-electron chi connectivity index (χ2n) is 5.58. The minimum absolute atomic E-state index is 0.436. The van der Waals surface area contributed by atoms with Gasteiger partial charge in [-0.15, -0.1) is 0 Å².